The molecule has 94 valence electrons. The minimum Gasteiger partial charge on any atom is -0.343 e. The molecule has 0 aromatic carbocycles. The largest absolute Gasteiger partial charge is 0.343 e. The van der Waals surface area contributed by atoms with E-state index < -0.39 is 0 Å². The number of carbonyl (C=O) groups excluding carboxylic acids is 1. The topological polar surface area (TPSA) is 20.3 Å². The predicted octanol–water partition coefficient (Wildman–Crippen LogP) is 3.45. The molecule has 2 nitrogen and oxygen atoms in total. The summed E-state index contributed by atoms with van der Waals surface area (Å²) in [5.74, 6) is 1.53. The molecule has 3 heteroatoms. The van der Waals surface area contributed by atoms with E-state index in [0.717, 1.165) is 43.6 Å². The Labute approximate surface area is 108 Å². The van der Waals surface area contributed by atoms with E-state index in [1.807, 2.05) is 4.90 Å². The lowest BCUT2D eigenvalue weighted by Crippen LogP contribution is -2.38. The van der Waals surface area contributed by atoms with Gasteiger partial charge in [0, 0.05) is 24.3 Å². The van der Waals surface area contributed by atoms with Crippen LogP contribution in [0.3, 0.4) is 0 Å². The van der Waals surface area contributed by atoms with Crippen molar-refractivity contribution in [2.24, 2.45) is 11.8 Å². The summed E-state index contributed by atoms with van der Waals surface area (Å²) in [6.45, 7) is 6.14. The van der Waals surface area contributed by atoms with Crippen LogP contribution in [0.4, 0.5) is 0 Å². The first-order chi connectivity index (χ1) is 7.69. The van der Waals surface area contributed by atoms with Crippen molar-refractivity contribution < 1.29 is 4.79 Å². The number of alkyl halides is 1. The van der Waals surface area contributed by atoms with E-state index in [1.54, 1.807) is 0 Å². The average Bonchev–Trinajstić information content (AvgIpc) is 2.30. The van der Waals surface area contributed by atoms with Gasteiger partial charge in [-0.15, -0.1) is 0 Å². The van der Waals surface area contributed by atoms with Crippen LogP contribution >= 0.6 is 15.9 Å². The van der Waals surface area contributed by atoms with Gasteiger partial charge in [-0.1, -0.05) is 22.9 Å². The number of carbonyl (C=O) groups is 1. The van der Waals surface area contributed by atoms with Gasteiger partial charge in [-0.3, -0.25) is 4.79 Å². The fraction of sp³-hybridized carbons (Fsp3) is 0.923. The number of nitrogens with zero attached hydrogens (tertiary/aromatic N) is 1. The Hall–Kier alpha value is -0.0500. The zero-order valence-electron chi connectivity index (χ0n) is 10.5. The van der Waals surface area contributed by atoms with Crippen LogP contribution in [0.5, 0.6) is 0 Å². The second kappa shape index (κ2) is 7.31. The first-order valence-corrected chi connectivity index (χ1v) is 7.66. The normalized spacial score (nSPS) is 25.4. The molecule has 0 spiro atoms. The lowest BCUT2D eigenvalue weighted by molar-refractivity contribution is -0.136. The fourth-order valence-corrected chi connectivity index (χ4v) is 2.69. The number of hydrogen-bond donors (Lipinski definition) is 0. The van der Waals surface area contributed by atoms with E-state index in [4.69, 9.17) is 0 Å². The summed E-state index contributed by atoms with van der Waals surface area (Å²) in [5, 5.41) is 0.985. The van der Waals surface area contributed by atoms with E-state index >= 15 is 0 Å². The van der Waals surface area contributed by atoms with Crippen molar-refractivity contribution in [3.8, 4) is 0 Å². The minimum absolute atomic E-state index is 0.312. The van der Waals surface area contributed by atoms with Crippen molar-refractivity contribution in [2.75, 3.05) is 18.4 Å². The van der Waals surface area contributed by atoms with Gasteiger partial charge in [0.1, 0.15) is 0 Å². The quantitative estimate of drug-likeness (QED) is 0.710. The summed E-state index contributed by atoms with van der Waals surface area (Å²) in [6, 6.07) is 0. The molecule has 0 aliphatic heterocycles. The van der Waals surface area contributed by atoms with Gasteiger partial charge in [0.25, 0.3) is 0 Å². The van der Waals surface area contributed by atoms with E-state index in [0.29, 0.717) is 11.8 Å². The standard InChI is InChI=1S/C13H24BrNO/c1-3-15(10-4-9-14)13(16)12-7-5-11(2)6-8-12/h11-12H,3-10H2,1-2H3. The maximum absolute atomic E-state index is 12.3. The number of amides is 1. The third kappa shape index (κ3) is 4.08. The minimum atomic E-state index is 0.312. The molecule has 1 aliphatic carbocycles. The Bertz CT molecular complexity index is 205. The molecule has 1 rings (SSSR count). The molecule has 1 amide bonds. The third-order valence-corrected chi connectivity index (χ3v) is 4.18. The summed E-state index contributed by atoms with van der Waals surface area (Å²) in [5.41, 5.74) is 0. The first-order valence-electron chi connectivity index (χ1n) is 6.53. The van der Waals surface area contributed by atoms with E-state index in [1.165, 1.54) is 12.8 Å². The molecule has 0 unspecified atom stereocenters. The zero-order valence-corrected chi connectivity index (χ0v) is 12.1. The van der Waals surface area contributed by atoms with Crippen molar-refractivity contribution in [1.82, 2.24) is 4.90 Å². The zero-order chi connectivity index (χ0) is 12.0. The van der Waals surface area contributed by atoms with Crippen molar-refractivity contribution in [2.45, 2.75) is 46.0 Å². The smallest absolute Gasteiger partial charge is 0.225 e. The van der Waals surface area contributed by atoms with Crippen LogP contribution in [-0.4, -0.2) is 29.2 Å². The SMILES string of the molecule is CCN(CCCBr)C(=O)C1CCC(C)CC1. The second-order valence-corrected chi connectivity index (χ2v) is 5.71. The van der Waals surface area contributed by atoms with Gasteiger partial charge in [0.05, 0.1) is 0 Å². The summed E-state index contributed by atoms with van der Waals surface area (Å²) in [4.78, 5) is 14.3. The third-order valence-electron chi connectivity index (χ3n) is 3.62. The molecule has 0 aromatic rings. The monoisotopic (exact) mass is 289 g/mol. The highest BCUT2D eigenvalue weighted by Crippen LogP contribution is 2.29. The van der Waals surface area contributed by atoms with Crippen LogP contribution in [0.1, 0.15) is 46.0 Å². The molecule has 1 aliphatic rings. The van der Waals surface area contributed by atoms with E-state index in [2.05, 4.69) is 29.8 Å². The Morgan fingerprint density at radius 2 is 1.94 bits per heavy atom. The van der Waals surface area contributed by atoms with E-state index in [9.17, 15) is 4.79 Å². The van der Waals surface area contributed by atoms with Crippen LogP contribution < -0.4 is 0 Å². The van der Waals surface area contributed by atoms with Gasteiger partial charge in [0.2, 0.25) is 5.91 Å². The lowest BCUT2D eigenvalue weighted by Gasteiger charge is -2.30. The molecule has 0 N–H and O–H groups in total. The molecule has 0 atom stereocenters. The van der Waals surface area contributed by atoms with Crippen molar-refractivity contribution >= 4 is 21.8 Å². The number of rotatable bonds is 5. The van der Waals surface area contributed by atoms with Crippen LogP contribution in [0.2, 0.25) is 0 Å². The molecule has 0 saturated heterocycles. The summed E-state index contributed by atoms with van der Waals surface area (Å²) in [6.07, 6.45) is 5.72. The molecule has 0 heterocycles. The molecule has 0 bridgehead atoms. The van der Waals surface area contributed by atoms with Crippen molar-refractivity contribution in [3.05, 3.63) is 0 Å². The molecular weight excluding hydrogens is 266 g/mol. The Kier molecular flexibility index (Phi) is 6.40. The molecule has 0 aromatic heterocycles. The van der Waals surface area contributed by atoms with Gasteiger partial charge in [0.15, 0.2) is 0 Å². The first kappa shape index (κ1) is 14.0. The van der Waals surface area contributed by atoms with Gasteiger partial charge in [-0.2, -0.15) is 0 Å². The highest BCUT2D eigenvalue weighted by atomic mass is 79.9. The fourth-order valence-electron chi connectivity index (χ4n) is 2.44. The van der Waals surface area contributed by atoms with Gasteiger partial charge < -0.3 is 4.90 Å². The average molecular weight is 290 g/mol. The maximum Gasteiger partial charge on any atom is 0.225 e. The highest BCUT2D eigenvalue weighted by molar-refractivity contribution is 9.09. The Balaban J connectivity index is 2.41. The van der Waals surface area contributed by atoms with Gasteiger partial charge >= 0.3 is 0 Å². The number of hydrogen-bond acceptors (Lipinski definition) is 1. The molecule has 16 heavy (non-hydrogen) atoms. The predicted molar refractivity (Wildman–Crippen MR) is 71.8 cm³/mol. The van der Waals surface area contributed by atoms with Crippen LogP contribution in [0.25, 0.3) is 0 Å². The van der Waals surface area contributed by atoms with Gasteiger partial charge in [-0.25, -0.2) is 0 Å². The molecule has 1 saturated carbocycles. The molecule has 1 fully saturated rings. The van der Waals surface area contributed by atoms with Crippen molar-refractivity contribution in [1.29, 1.82) is 0 Å². The summed E-state index contributed by atoms with van der Waals surface area (Å²) < 4.78 is 0. The van der Waals surface area contributed by atoms with Crippen LogP contribution in [-0.2, 0) is 4.79 Å². The Morgan fingerprint density at radius 1 is 1.31 bits per heavy atom. The van der Waals surface area contributed by atoms with Crippen LogP contribution in [0, 0.1) is 11.8 Å². The molecular formula is C13H24BrNO. The maximum atomic E-state index is 12.3. The summed E-state index contributed by atoms with van der Waals surface area (Å²) >= 11 is 3.42. The lowest BCUT2D eigenvalue weighted by atomic mass is 9.82. The highest BCUT2D eigenvalue weighted by Gasteiger charge is 2.27. The Morgan fingerprint density at radius 3 is 2.44 bits per heavy atom. The second-order valence-electron chi connectivity index (χ2n) is 4.92. The van der Waals surface area contributed by atoms with Crippen LogP contribution in [0.15, 0.2) is 0 Å². The van der Waals surface area contributed by atoms with E-state index in [-0.39, 0.29) is 0 Å². The van der Waals surface area contributed by atoms with Gasteiger partial charge in [-0.05, 0) is 44.9 Å². The molecule has 0 radical (unpaired) electrons. The van der Waals surface area contributed by atoms with Crippen molar-refractivity contribution in [3.63, 3.8) is 0 Å². The number of halogens is 1. The summed E-state index contributed by atoms with van der Waals surface area (Å²) in [7, 11) is 0.